The number of aryl methyl sites for hydroxylation is 1. The molecule has 2 aromatic carbocycles. The quantitative estimate of drug-likeness (QED) is 0.746. The van der Waals surface area contributed by atoms with Gasteiger partial charge in [-0.2, -0.15) is 0 Å². The van der Waals surface area contributed by atoms with E-state index < -0.39 is 18.0 Å². The minimum Gasteiger partial charge on any atom is -0.493 e. The molecule has 0 spiro atoms. The Hall–Kier alpha value is -3.02. The fourth-order valence-electron chi connectivity index (χ4n) is 2.38. The Labute approximate surface area is 159 Å². The zero-order chi connectivity index (χ0) is 20.0. The van der Waals surface area contributed by atoms with Gasteiger partial charge in [0.25, 0.3) is 5.91 Å². The number of rotatable bonds is 7. The number of carbonyl (C=O) groups is 2. The maximum atomic E-state index is 12.4. The van der Waals surface area contributed by atoms with Gasteiger partial charge in [0.05, 0.1) is 18.8 Å². The summed E-state index contributed by atoms with van der Waals surface area (Å²) in [6.45, 7) is 7.21. The van der Waals surface area contributed by atoms with Crippen molar-refractivity contribution in [1.29, 1.82) is 0 Å². The van der Waals surface area contributed by atoms with Crippen LogP contribution in [0.5, 0.6) is 11.5 Å². The molecule has 0 saturated heterocycles. The second-order valence-electron chi connectivity index (χ2n) is 6.38. The summed E-state index contributed by atoms with van der Waals surface area (Å²) in [4.78, 5) is 24.7. The van der Waals surface area contributed by atoms with E-state index in [0.717, 1.165) is 5.56 Å². The van der Waals surface area contributed by atoms with Crippen LogP contribution in [0.1, 0.15) is 36.7 Å². The summed E-state index contributed by atoms with van der Waals surface area (Å²) < 4.78 is 16.2. The second-order valence-corrected chi connectivity index (χ2v) is 6.38. The Morgan fingerprint density at radius 2 is 1.70 bits per heavy atom. The number of ether oxygens (including phenoxy) is 3. The van der Waals surface area contributed by atoms with E-state index >= 15 is 0 Å². The van der Waals surface area contributed by atoms with Crippen molar-refractivity contribution in [3.63, 3.8) is 0 Å². The van der Waals surface area contributed by atoms with Crippen molar-refractivity contribution < 1.29 is 23.8 Å². The van der Waals surface area contributed by atoms with Gasteiger partial charge in [-0.25, -0.2) is 4.79 Å². The number of amides is 1. The van der Waals surface area contributed by atoms with E-state index in [0.29, 0.717) is 17.2 Å². The van der Waals surface area contributed by atoms with E-state index in [-0.39, 0.29) is 11.7 Å². The Kier molecular flexibility index (Phi) is 6.82. The molecule has 6 nitrogen and oxygen atoms in total. The first-order chi connectivity index (χ1) is 12.8. The smallest absolute Gasteiger partial charge is 0.339 e. The van der Waals surface area contributed by atoms with Gasteiger partial charge in [0.15, 0.2) is 17.6 Å². The Bertz CT molecular complexity index is 816. The first kappa shape index (κ1) is 20.3. The monoisotopic (exact) mass is 371 g/mol. The average molecular weight is 371 g/mol. The average Bonchev–Trinajstić information content (AvgIpc) is 2.63. The number of carbonyl (C=O) groups excluding carboxylic acids is 2. The predicted octanol–water partition coefficient (Wildman–Crippen LogP) is 3.97. The highest BCUT2D eigenvalue weighted by molar-refractivity contribution is 5.97. The number of para-hydroxylation sites is 1. The van der Waals surface area contributed by atoms with Crippen LogP contribution in [-0.4, -0.2) is 31.2 Å². The number of methoxy groups -OCH3 is 1. The van der Waals surface area contributed by atoms with Crippen molar-refractivity contribution in [2.24, 2.45) is 0 Å². The van der Waals surface area contributed by atoms with Gasteiger partial charge in [-0.15, -0.1) is 0 Å². The molecule has 0 aliphatic heterocycles. The van der Waals surface area contributed by atoms with Crippen molar-refractivity contribution in [3.05, 3.63) is 53.6 Å². The first-order valence-corrected chi connectivity index (χ1v) is 8.74. The third-order valence-corrected chi connectivity index (χ3v) is 3.82. The van der Waals surface area contributed by atoms with Gasteiger partial charge in [0.2, 0.25) is 0 Å². The van der Waals surface area contributed by atoms with Crippen molar-refractivity contribution in [1.82, 2.24) is 0 Å². The van der Waals surface area contributed by atoms with E-state index in [9.17, 15) is 9.59 Å². The van der Waals surface area contributed by atoms with Crippen molar-refractivity contribution in [2.75, 3.05) is 12.4 Å². The van der Waals surface area contributed by atoms with Crippen LogP contribution >= 0.6 is 0 Å². The van der Waals surface area contributed by atoms with Crippen molar-refractivity contribution in [2.45, 2.75) is 39.9 Å². The van der Waals surface area contributed by atoms with Crippen LogP contribution < -0.4 is 14.8 Å². The standard InChI is InChI=1S/C21H25NO5/c1-13(2)26-18-11-10-16(12-19(18)25-5)21(24)27-15(4)20(23)22-17-9-7-6-8-14(17)3/h6-13,15H,1-5H3,(H,22,23). The molecule has 0 aliphatic carbocycles. The molecule has 0 saturated carbocycles. The topological polar surface area (TPSA) is 73.9 Å². The molecule has 1 atom stereocenters. The van der Waals surface area contributed by atoms with Gasteiger partial charge >= 0.3 is 5.97 Å². The lowest BCUT2D eigenvalue weighted by atomic mass is 10.2. The number of nitrogens with one attached hydrogen (secondary N) is 1. The zero-order valence-corrected chi connectivity index (χ0v) is 16.2. The molecule has 27 heavy (non-hydrogen) atoms. The van der Waals surface area contributed by atoms with Crippen LogP contribution in [0.25, 0.3) is 0 Å². The molecule has 0 fully saturated rings. The number of hydrogen-bond acceptors (Lipinski definition) is 5. The summed E-state index contributed by atoms with van der Waals surface area (Å²) in [6.07, 6.45) is -0.975. The lowest BCUT2D eigenvalue weighted by molar-refractivity contribution is -0.123. The van der Waals surface area contributed by atoms with Crippen molar-refractivity contribution in [3.8, 4) is 11.5 Å². The molecule has 6 heteroatoms. The number of hydrogen-bond donors (Lipinski definition) is 1. The fourth-order valence-corrected chi connectivity index (χ4v) is 2.38. The first-order valence-electron chi connectivity index (χ1n) is 8.74. The van der Waals surface area contributed by atoms with E-state index in [4.69, 9.17) is 14.2 Å². The van der Waals surface area contributed by atoms with Gasteiger partial charge in [0, 0.05) is 5.69 Å². The summed E-state index contributed by atoms with van der Waals surface area (Å²) in [6, 6.07) is 12.1. The molecule has 1 unspecified atom stereocenters. The molecule has 144 valence electrons. The summed E-state index contributed by atoms with van der Waals surface area (Å²) in [5, 5.41) is 2.76. The Balaban J connectivity index is 2.05. The maximum absolute atomic E-state index is 12.4. The fraction of sp³-hybridized carbons (Fsp3) is 0.333. The molecule has 2 aromatic rings. The van der Waals surface area contributed by atoms with Gasteiger partial charge in [-0.05, 0) is 57.5 Å². The Morgan fingerprint density at radius 3 is 2.33 bits per heavy atom. The highest BCUT2D eigenvalue weighted by Gasteiger charge is 2.21. The molecule has 0 heterocycles. The van der Waals surface area contributed by atoms with Crippen LogP contribution in [0.3, 0.4) is 0 Å². The minimum atomic E-state index is -0.949. The van der Waals surface area contributed by atoms with Crippen LogP contribution in [0, 0.1) is 6.92 Å². The normalized spacial score (nSPS) is 11.6. The summed E-state index contributed by atoms with van der Waals surface area (Å²) in [5.74, 6) is -0.0502. The highest BCUT2D eigenvalue weighted by atomic mass is 16.5. The number of esters is 1. The molecule has 0 radical (unpaired) electrons. The van der Waals surface area contributed by atoms with Crippen LogP contribution in [0.4, 0.5) is 5.69 Å². The van der Waals surface area contributed by atoms with E-state index in [1.807, 2.05) is 39.0 Å². The van der Waals surface area contributed by atoms with Gasteiger partial charge in [-0.3, -0.25) is 4.79 Å². The largest absolute Gasteiger partial charge is 0.493 e. The van der Waals surface area contributed by atoms with Crippen LogP contribution in [0.15, 0.2) is 42.5 Å². The minimum absolute atomic E-state index is 0.0261. The van der Waals surface area contributed by atoms with E-state index in [2.05, 4.69) is 5.32 Å². The third kappa shape index (κ3) is 5.48. The lowest BCUT2D eigenvalue weighted by Crippen LogP contribution is -2.30. The predicted molar refractivity (Wildman–Crippen MR) is 103 cm³/mol. The Morgan fingerprint density at radius 1 is 1.00 bits per heavy atom. The van der Waals surface area contributed by atoms with Gasteiger partial charge in [0.1, 0.15) is 0 Å². The number of anilines is 1. The van der Waals surface area contributed by atoms with Crippen LogP contribution in [-0.2, 0) is 9.53 Å². The molecule has 2 rings (SSSR count). The summed E-state index contributed by atoms with van der Waals surface area (Å²) in [7, 11) is 1.50. The molecule has 0 bridgehead atoms. The second kappa shape index (κ2) is 9.07. The maximum Gasteiger partial charge on any atom is 0.339 e. The molecule has 1 amide bonds. The molecule has 0 aliphatic rings. The van der Waals surface area contributed by atoms with Crippen LogP contribution in [0.2, 0.25) is 0 Å². The third-order valence-electron chi connectivity index (χ3n) is 3.82. The number of benzene rings is 2. The molecule has 1 N–H and O–H groups in total. The molecular weight excluding hydrogens is 346 g/mol. The van der Waals surface area contributed by atoms with E-state index in [1.54, 1.807) is 18.2 Å². The molecule has 0 aromatic heterocycles. The van der Waals surface area contributed by atoms with Crippen molar-refractivity contribution >= 4 is 17.6 Å². The van der Waals surface area contributed by atoms with Gasteiger partial charge in [-0.1, -0.05) is 18.2 Å². The van der Waals surface area contributed by atoms with Gasteiger partial charge < -0.3 is 19.5 Å². The SMILES string of the molecule is COc1cc(C(=O)OC(C)C(=O)Nc2ccccc2C)ccc1OC(C)C. The summed E-state index contributed by atoms with van der Waals surface area (Å²) >= 11 is 0. The highest BCUT2D eigenvalue weighted by Crippen LogP contribution is 2.29. The summed E-state index contributed by atoms with van der Waals surface area (Å²) in [5.41, 5.74) is 1.88. The van der Waals surface area contributed by atoms with E-state index in [1.165, 1.54) is 20.1 Å². The zero-order valence-electron chi connectivity index (χ0n) is 16.2. The molecular formula is C21H25NO5. The lowest BCUT2D eigenvalue weighted by Gasteiger charge is -2.16.